The predicted molar refractivity (Wildman–Crippen MR) is 63.6 cm³/mol. The second kappa shape index (κ2) is 5.32. The third-order valence-electron chi connectivity index (χ3n) is 2.18. The van der Waals surface area contributed by atoms with Crippen LogP contribution in [-0.4, -0.2) is 36.6 Å². The molecule has 0 aliphatic carbocycles. The number of anilines is 1. The molecule has 1 rings (SSSR count). The Hall–Kier alpha value is -0.610. The van der Waals surface area contributed by atoms with Gasteiger partial charge in [-0.05, 0) is 33.2 Å². The van der Waals surface area contributed by atoms with E-state index in [-0.39, 0.29) is 0 Å². The lowest BCUT2D eigenvalue weighted by molar-refractivity contribution is 0.326. The van der Waals surface area contributed by atoms with Gasteiger partial charge in [-0.1, -0.05) is 15.9 Å². The summed E-state index contributed by atoms with van der Waals surface area (Å²) in [6.45, 7) is 3.07. The molecule has 1 heterocycles. The first-order valence-corrected chi connectivity index (χ1v) is 5.40. The molecule has 0 bridgehead atoms. The van der Waals surface area contributed by atoms with E-state index in [1.807, 2.05) is 12.1 Å². The zero-order valence-corrected chi connectivity index (χ0v) is 10.4. The van der Waals surface area contributed by atoms with Crippen molar-refractivity contribution in [3.8, 4) is 0 Å². The van der Waals surface area contributed by atoms with E-state index in [2.05, 4.69) is 52.1 Å². The van der Waals surface area contributed by atoms with E-state index in [0.717, 1.165) is 16.8 Å². The monoisotopic (exact) mass is 257 g/mol. The first-order valence-electron chi connectivity index (χ1n) is 4.61. The average molecular weight is 258 g/mol. The maximum atomic E-state index is 4.21. The molecule has 1 aromatic heterocycles. The number of rotatable bonds is 4. The Bertz CT molecular complexity index is 288. The molecule has 4 heteroatoms. The van der Waals surface area contributed by atoms with Crippen LogP contribution in [0.1, 0.15) is 6.92 Å². The molecule has 1 N–H and O–H groups in total. The van der Waals surface area contributed by atoms with Gasteiger partial charge < -0.3 is 10.2 Å². The van der Waals surface area contributed by atoms with Gasteiger partial charge >= 0.3 is 0 Å². The average Bonchev–Trinajstić information content (AvgIpc) is 2.14. The Labute approximate surface area is 93.7 Å². The molecule has 0 aliphatic heterocycles. The highest BCUT2D eigenvalue weighted by atomic mass is 79.9. The fourth-order valence-corrected chi connectivity index (χ4v) is 1.27. The summed E-state index contributed by atoms with van der Waals surface area (Å²) < 4.78 is 1.05. The van der Waals surface area contributed by atoms with E-state index in [4.69, 9.17) is 0 Å². The molecule has 14 heavy (non-hydrogen) atoms. The van der Waals surface area contributed by atoms with Crippen molar-refractivity contribution in [2.24, 2.45) is 0 Å². The Morgan fingerprint density at radius 3 is 2.86 bits per heavy atom. The van der Waals surface area contributed by atoms with Crippen LogP contribution in [0, 0.1) is 0 Å². The molecule has 0 radical (unpaired) electrons. The maximum Gasteiger partial charge on any atom is 0.127 e. The second-order valence-corrected chi connectivity index (χ2v) is 4.47. The Morgan fingerprint density at radius 2 is 2.29 bits per heavy atom. The fourth-order valence-electron chi connectivity index (χ4n) is 0.936. The molecule has 1 atom stereocenters. The van der Waals surface area contributed by atoms with Crippen molar-refractivity contribution >= 4 is 21.7 Å². The first kappa shape index (κ1) is 11.5. The van der Waals surface area contributed by atoms with Crippen molar-refractivity contribution in [3.63, 3.8) is 0 Å². The summed E-state index contributed by atoms with van der Waals surface area (Å²) in [7, 11) is 4.14. The van der Waals surface area contributed by atoms with Crippen LogP contribution < -0.4 is 5.32 Å². The van der Waals surface area contributed by atoms with Crippen LogP contribution in [0.5, 0.6) is 0 Å². The predicted octanol–water partition coefficient (Wildman–Crippen LogP) is 2.21. The van der Waals surface area contributed by atoms with Gasteiger partial charge in [0.1, 0.15) is 5.82 Å². The standard InChI is InChI=1S/C10H16BrN3/c1-8(14(2)3)7-13-10-6-9(11)4-5-12-10/h4-6,8H,7H2,1-3H3,(H,12,13). The van der Waals surface area contributed by atoms with E-state index in [0.29, 0.717) is 6.04 Å². The Kier molecular flexibility index (Phi) is 4.35. The Balaban J connectivity index is 2.45. The van der Waals surface area contributed by atoms with Crippen LogP contribution >= 0.6 is 15.9 Å². The van der Waals surface area contributed by atoms with Gasteiger partial charge in [-0.2, -0.15) is 0 Å². The topological polar surface area (TPSA) is 28.2 Å². The summed E-state index contributed by atoms with van der Waals surface area (Å²) in [5.74, 6) is 0.910. The van der Waals surface area contributed by atoms with Gasteiger partial charge in [0.2, 0.25) is 0 Å². The number of nitrogens with zero attached hydrogens (tertiary/aromatic N) is 2. The van der Waals surface area contributed by atoms with Crippen LogP contribution in [0.15, 0.2) is 22.8 Å². The zero-order valence-electron chi connectivity index (χ0n) is 8.79. The number of hydrogen-bond acceptors (Lipinski definition) is 3. The molecule has 0 spiro atoms. The van der Waals surface area contributed by atoms with E-state index < -0.39 is 0 Å². The SMILES string of the molecule is CC(CNc1cc(Br)ccn1)N(C)C. The minimum absolute atomic E-state index is 0.496. The van der Waals surface area contributed by atoms with Gasteiger partial charge in [0, 0.05) is 23.3 Å². The number of hydrogen-bond donors (Lipinski definition) is 1. The molecule has 0 fully saturated rings. The van der Waals surface area contributed by atoms with E-state index >= 15 is 0 Å². The summed E-state index contributed by atoms with van der Waals surface area (Å²) >= 11 is 3.41. The van der Waals surface area contributed by atoms with Gasteiger partial charge in [-0.3, -0.25) is 0 Å². The largest absolute Gasteiger partial charge is 0.368 e. The molecular formula is C10H16BrN3. The van der Waals surface area contributed by atoms with Gasteiger partial charge in [-0.25, -0.2) is 4.98 Å². The lowest BCUT2D eigenvalue weighted by atomic mass is 10.3. The Morgan fingerprint density at radius 1 is 1.57 bits per heavy atom. The van der Waals surface area contributed by atoms with Crippen molar-refractivity contribution in [1.29, 1.82) is 0 Å². The first-order chi connectivity index (χ1) is 6.59. The van der Waals surface area contributed by atoms with Crippen LogP contribution in [-0.2, 0) is 0 Å². The summed E-state index contributed by atoms with van der Waals surface area (Å²) in [5, 5.41) is 3.28. The summed E-state index contributed by atoms with van der Waals surface area (Å²) in [5.41, 5.74) is 0. The maximum absolute atomic E-state index is 4.21. The fraction of sp³-hybridized carbons (Fsp3) is 0.500. The van der Waals surface area contributed by atoms with Crippen molar-refractivity contribution < 1.29 is 0 Å². The molecule has 0 saturated heterocycles. The second-order valence-electron chi connectivity index (χ2n) is 3.55. The quantitative estimate of drug-likeness (QED) is 0.897. The molecule has 0 aromatic carbocycles. The van der Waals surface area contributed by atoms with Crippen LogP contribution in [0.3, 0.4) is 0 Å². The number of nitrogens with one attached hydrogen (secondary N) is 1. The highest BCUT2D eigenvalue weighted by Crippen LogP contribution is 2.12. The van der Waals surface area contributed by atoms with Crippen LogP contribution in [0.2, 0.25) is 0 Å². The highest BCUT2D eigenvalue weighted by Gasteiger charge is 2.03. The summed E-state index contributed by atoms with van der Waals surface area (Å²) in [4.78, 5) is 6.38. The van der Waals surface area contributed by atoms with Crippen LogP contribution in [0.25, 0.3) is 0 Å². The number of aromatic nitrogens is 1. The molecular weight excluding hydrogens is 242 g/mol. The molecule has 3 nitrogen and oxygen atoms in total. The van der Waals surface area contributed by atoms with E-state index in [1.165, 1.54) is 0 Å². The third kappa shape index (κ3) is 3.64. The van der Waals surface area contributed by atoms with E-state index in [9.17, 15) is 0 Å². The van der Waals surface area contributed by atoms with Gasteiger partial charge in [0.15, 0.2) is 0 Å². The normalized spacial score (nSPS) is 12.9. The zero-order chi connectivity index (χ0) is 10.6. The molecule has 78 valence electrons. The lowest BCUT2D eigenvalue weighted by Crippen LogP contribution is -2.31. The molecule has 1 unspecified atom stereocenters. The third-order valence-corrected chi connectivity index (χ3v) is 2.68. The molecule has 0 amide bonds. The molecule has 0 saturated carbocycles. The minimum atomic E-state index is 0.496. The minimum Gasteiger partial charge on any atom is -0.368 e. The molecule has 0 aliphatic rings. The van der Waals surface area contributed by atoms with Crippen molar-refractivity contribution in [3.05, 3.63) is 22.8 Å². The van der Waals surface area contributed by atoms with E-state index in [1.54, 1.807) is 6.20 Å². The lowest BCUT2D eigenvalue weighted by Gasteiger charge is -2.20. The smallest absolute Gasteiger partial charge is 0.127 e. The van der Waals surface area contributed by atoms with Gasteiger partial charge in [-0.15, -0.1) is 0 Å². The molecule has 1 aromatic rings. The van der Waals surface area contributed by atoms with Crippen molar-refractivity contribution in [2.45, 2.75) is 13.0 Å². The number of likely N-dealkylation sites (N-methyl/N-ethyl adjacent to an activating group) is 1. The number of halogens is 1. The van der Waals surface area contributed by atoms with Gasteiger partial charge in [0.05, 0.1) is 0 Å². The van der Waals surface area contributed by atoms with Crippen molar-refractivity contribution in [2.75, 3.05) is 26.0 Å². The highest BCUT2D eigenvalue weighted by molar-refractivity contribution is 9.10. The van der Waals surface area contributed by atoms with Crippen molar-refractivity contribution in [1.82, 2.24) is 9.88 Å². The number of pyridine rings is 1. The van der Waals surface area contributed by atoms with Gasteiger partial charge in [0.25, 0.3) is 0 Å². The van der Waals surface area contributed by atoms with Crippen LogP contribution in [0.4, 0.5) is 5.82 Å². The summed E-state index contributed by atoms with van der Waals surface area (Å²) in [6, 6.07) is 4.39. The summed E-state index contributed by atoms with van der Waals surface area (Å²) in [6.07, 6.45) is 1.78.